The lowest BCUT2D eigenvalue weighted by Crippen LogP contribution is -2.46. The van der Waals surface area contributed by atoms with Crippen LogP contribution in [0.25, 0.3) is 0 Å². The summed E-state index contributed by atoms with van der Waals surface area (Å²) in [6.45, 7) is 4.67. The van der Waals surface area contributed by atoms with Gasteiger partial charge in [0, 0.05) is 13.0 Å². The van der Waals surface area contributed by atoms with Gasteiger partial charge in [0.1, 0.15) is 5.54 Å². The molecule has 0 saturated carbocycles. The first kappa shape index (κ1) is 15.0. The number of hydrogen-bond donors (Lipinski definition) is 1. The van der Waals surface area contributed by atoms with E-state index in [-0.39, 0.29) is 12.0 Å². The Morgan fingerprint density at radius 1 is 1.44 bits per heavy atom. The summed E-state index contributed by atoms with van der Waals surface area (Å²) in [6, 6.07) is 2.22. The molecule has 1 fully saturated rings. The Labute approximate surface area is 110 Å². The van der Waals surface area contributed by atoms with E-state index >= 15 is 0 Å². The van der Waals surface area contributed by atoms with Crippen molar-refractivity contribution in [2.45, 2.75) is 70.4 Å². The lowest BCUT2D eigenvalue weighted by atomic mass is 9.94. The van der Waals surface area contributed by atoms with E-state index in [0.717, 1.165) is 25.9 Å². The molecule has 1 aliphatic rings. The fraction of sp³-hybridized carbons (Fsp3) is 0.857. The van der Waals surface area contributed by atoms with Crippen LogP contribution < -0.4 is 5.32 Å². The van der Waals surface area contributed by atoms with Crippen LogP contribution in [0.1, 0.15) is 58.8 Å². The van der Waals surface area contributed by atoms with E-state index in [1.807, 2.05) is 13.8 Å². The Kier molecular flexibility index (Phi) is 6.14. The lowest BCUT2D eigenvalue weighted by molar-refractivity contribution is -0.123. The molecule has 4 nitrogen and oxygen atoms in total. The van der Waals surface area contributed by atoms with Gasteiger partial charge in [-0.05, 0) is 38.5 Å². The van der Waals surface area contributed by atoms with Gasteiger partial charge in [0.2, 0.25) is 5.91 Å². The Bertz CT molecular complexity index is 299. The van der Waals surface area contributed by atoms with Crippen molar-refractivity contribution in [3.8, 4) is 6.07 Å². The van der Waals surface area contributed by atoms with E-state index in [2.05, 4.69) is 11.4 Å². The summed E-state index contributed by atoms with van der Waals surface area (Å²) in [5, 5.41) is 12.0. The number of carbonyl (C=O) groups excluding carboxylic acids is 1. The van der Waals surface area contributed by atoms with Crippen LogP contribution in [-0.2, 0) is 9.53 Å². The van der Waals surface area contributed by atoms with E-state index in [1.54, 1.807) is 0 Å². The number of nitriles is 1. The molecule has 1 saturated heterocycles. The van der Waals surface area contributed by atoms with Crippen molar-refractivity contribution < 1.29 is 9.53 Å². The second-order valence-electron chi connectivity index (χ2n) is 4.98. The van der Waals surface area contributed by atoms with Gasteiger partial charge in [-0.15, -0.1) is 0 Å². The predicted molar refractivity (Wildman–Crippen MR) is 69.9 cm³/mol. The van der Waals surface area contributed by atoms with Crippen molar-refractivity contribution in [1.82, 2.24) is 5.32 Å². The molecular weight excluding hydrogens is 228 g/mol. The highest BCUT2D eigenvalue weighted by Crippen LogP contribution is 2.18. The van der Waals surface area contributed by atoms with Crippen LogP contribution in [0.2, 0.25) is 0 Å². The highest BCUT2D eigenvalue weighted by atomic mass is 16.5. The number of ether oxygens (including phenoxy) is 1. The first-order valence-electron chi connectivity index (χ1n) is 6.99. The molecular formula is C14H24N2O2. The zero-order valence-corrected chi connectivity index (χ0v) is 11.5. The molecule has 0 aliphatic carbocycles. The van der Waals surface area contributed by atoms with Crippen LogP contribution in [0.4, 0.5) is 0 Å². The third-order valence-electron chi connectivity index (χ3n) is 3.77. The summed E-state index contributed by atoms with van der Waals surface area (Å²) in [7, 11) is 0. The molecule has 4 heteroatoms. The Morgan fingerprint density at radius 3 is 2.67 bits per heavy atom. The van der Waals surface area contributed by atoms with Crippen LogP contribution in [0.3, 0.4) is 0 Å². The van der Waals surface area contributed by atoms with Gasteiger partial charge in [0.15, 0.2) is 0 Å². The summed E-state index contributed by atoms with van der Waals surface area (Å²) in [5.74, 6) is -0.0329. The molecule has 1 unspecified atom stereocenters. The van der Waals surface area contributed by atoms with Crippen molar-refractivity contribution in [2.24, 2.45) is 0 Å². The van der Waals surface area contributed by atoms with Gasteiger partial charge in [-0.25, -0.2) is 0 Å². The van der Waals surface area contributed by atoms with Crippen molar-refractivity contribution in [2.75, 3.05) is 6.61 Å². The number of nitrogens with zero attached hydrogens (tertiary/aromatic N) is 1. The summed E-state index contributed by atoms with van der Waals surface area (Å²) in [6.07, 6.45) is 6.11. The van der Waals surface area contributed by atoms with Gasteiger partial charge in [-0.2, -0.15) is 5.26 Å². The monoisotopic (exact) mass is 252 g/mol. The number of carbonyl (C=O) groups is 1. The molecule has 0 aromatic carbocycles. The fourth-order valence-corrected chi connectivity index (χ4v) is 2.27. The molecule has 1 heterocycles. The van der Waals surface area contributed by atoms with Gasteiger partial charge in [0.25, 0.3) is 0 Å². The normalized spacial score (nSPS) is 20.2. The molecule has 1 atom stereocenters. The number of hydrogen-bond acceptors (Lipinski definition) is 3. The number of amides is 1. The molecule has 0 bridgehead atoms. The van der Waals surface area contributed by atoms with Gasteiger partial charge in [-0.3, -0.25) is 4.79 Å². The minimum Gasteiger partial charge on any atom is -0.378 e. The molecule has 1 amide bonds. The quantitative estimate of drug-likeness (QED) is 0.790. The average molecular weight is 252 g/mol. The Hall–Kier alpha value is -1.08. The van der Waals surface area contributed by atoms with Gasteiger partial charge in [0.05, 0.1) is 12.2 Å². The third kappa shape index (κ3) is 4.30. The molecule has 0 radical (unpaired) electrons. The minimum atomic E-state index is -0.690. The maximum absolute atomic E-state index is 11.9. The van der Waals surface area contributed by atoms with Gasteiger partial charge < -0.3 is 10.1 Å². The molecule has 1 rings (SSSR count). The standard InChI is InChI=1S/C14H24N2O2/c1-3-14(4-2,11-15)16-13(17)9-8-12-7-5-6-10-18-12/h12H,3-10H2,1-2H3,(H,16,17). The van der Waals surface area contributed by atoms with Gasteiger partial charge in [-0.1, -0.05) is 13.8 Å². The van der Waals surface area contributed by atoms with Crippen LogP contribution in [0.5, 0.6) is 0 Å². The van der Waals surface area contributed by atoms with E-state index in [4.69, 9.17) is 10.00 Å². The zero-order chi connectivity index (χ0) is 13.4. The summed E-state index contributed by atoms with van der Waals surface area (Å²) in [4.78, 5) is 11.9. The van der Waals surface area contributed by atoms with E-state index in [9.17, 15) is 4.79 Å². The molecule has 1 N–H and O–H groups in total. The smallest absolute Gasteiger partial charge is 0.221 e. The number of rotatable bonds is 6. The van der Waals surface area contributed by atoms with Gasteiger partial charge >= 0.3 is 0 Å². The highest BCUT2D eigenvalue weighted by Gasteiger charge is 2.27. The molecule has 0 aromatic heterocycles. The summed E-state index contributed by atoms with van der Waals surface area (Å²) >= 11 is 0. The van der Waals surface area contributed by atoms with Crippen LogP contribution in [-0.4, -0.2) is 24.2 Å². The molecule has 1 aliphatic heterocycles. The molecule has 18 heavy (non-hydrogen) atoms. The maximum Gasteiger partial charge on any atom is 0.221 e. The minimum absolute atomic E-state index is 0.0329. The van der Waals surface area contributed by atoms with Crippen molar-refractivity contribution in [3.63, 3.8) is 0 Å². The first-order valence-corrected chi connectivity index (χ1v) is 6.99. The van der Waals surface area contributed by atoms with Crippen LogP contribution in [0, 0.1) is 11.3 Å². The summed E-state index contributed by atoms with van der Waals surface area (Å²) < 4.78 is 5.59. The molecule has 0 aromatic rings. The second-order valence-corrected chi connectivity index (χ2v) is 4.98. The highest BCUT2D eigenvalue weighted by molar-refractivity contribution is 5.77. The molecule has 102 valence electrons. The van der Waals surface area contributed by atoms with Crippen molar-refractivity contribution >= 4 is 5.91 Å². The van der Waals surface area contributed by atoms with E-state index in [0.29, 0.717) is 19.3 Å². The largest absolute Gasteiger partial charge is 0.378 e. The SMILES string of the molecule is CCC(C#N)(CC)NC(=O)CCC1CCCCO1. The summed E-state index contributed by atoms with van der Waals surface area (Å²) in [5.41, 5.74) is -0.690. The van der Waals surface area contributed by atoms with E-state index < -0.39 is 5.54 Å². The lowest BCUT2D eigenvalue weighted by Gasteiger charge is -2.26. The third-order valence-corrected chi connectivity index (χ3v) is 3.77. The molecule has 0 spiro atoms. The first-order chi connectivity index (χ1) is 8.65. The van der Waals surface area contributed by atoms with E-state index in [1.165, 1.54) is 6.42 Å². The van der Waals surface area contributed by atoms with Crippen LogP contribution in [0.15, 0.2) is 0 Å². The topological polar surface area (TPSA) is 62.1 Å². The Morgan fingerprint density at radius 2 is 2.17 bits per heavy atom. The van der Waals surface area contributed by atoms with Crippen molar-refractivity contribution in [1.29, 1.82) is 5.26 Å². The Balaban J connectivity index is 2.34. The second kappa shape index (κ2) is 7.38. The van der Waals surface area contributed by atoms with Crippen LogP contribution >= 0.6 is 0 Å². The van der Waals surface area contributed by atoms with Crippen molar-refractivity contribution in [3.05, 3.63) is 0 Å². The maximum atomic E-state index is 11.9. The average Bonchev–Trinajstić information content (AvgIpc) is 2.44. The fourth-order valence-electron chi connectivity index (χ4n) is 2.27. The zero-order valence-electron chi connectivity index (χ0n) is 11.5. The predicted octanol–water partition coefficient (Wildman–Crippen LogP) is 2.53. The number of nitrogens with one attached hydrogen (secondary N) is 1.